The van der Waals surface area contributed by atoms with Crippen LogP contribution in [0.5, 0.6) is 11.5 Å². The zero-order valence-corrected chi connectivity index (χ0v) is 29.4. The summed E-state index contributed by atoms with van der Waals surface area (Å²) in [6.45, 7) is 0.333. The second kappa shape index (κ2) is 16.0. The van der Waals surface area contributed by atoms with Gasteiger partial charge in [0, 0.05) is 48.5 Å². The molecule has 0 aliphatic heterocycles. The first-order chi connectivity index (χ1) is 26.6. The fraction of sp³-hybridized carbons (Fsp3) is 0.0208. The Morgan fingerprint density at radius 2 is 0.815 bits per heavy atom. The van der Waals surface area contributed by atoms with Crippen molar-refractivity contribution >= 4 is 5.97 Å². The van der Waals surface area contributed by atoms with Crippen molar-refractivity contribution in [3.05, 3.63) is 218 Å². The number of ether oxygens (including phenoxy) is 1. The third-order valence-corrected chi connectivity index (χ3v) is 9.14. The van der Waals surface area contributed by atoms with E-state index in [1.54, 1.807) is 12.1 Å². The first-order valence-electron chi connectivity index (χ1n) is 17.7. The summed E-state index contributed by atoms with van der Waals surface area (Å²) in [5, 5.41) is 0. The van der Waals surface area contributed by atoms with Gasteiger partial charge in [0.15, 0.2) is 30.5 Å². The summed E-state index contributed by atoms with van der Waals surface area (Å²) in [5.74, 6) is 0.768. The highest BCUT2D eigenvalue weighted by Crippen LogP contribution is 2.24. The van der Waals surface area contributed by atoms with Gasteiger partial charge in [0.05, 0.1) is 5.56 Å². The van der Waals surface area contributed by atoms with Crippen molar-refractivity contribution in [1.82, 2.24) is 0 Å². The number of aromatic nitrogens is 2. The molecule has 0 unspecified atom stereocenters. The lowest BCUT2D eigenvalue weighted by Crippen LogP contribution is -2.29. The van der Waals surface area contributed by atoms with Crippen LogP contribution < -0.4 is 18.8 Å². The summed E-state index contributed by atoms with van der Waals surface area (Å²) in [6.07, 6.45) is 8.14. The van der Waals surface area contributed by atoms with E-state index in [0.29, 0.717) is 23.7 Å². The van der Waals surface area contributed by atoms with Crippen molar-refractivity contribution in [2.24, 2.45) is 0 Å². The van der Waals surface area contributed by atoms with Gasteiger partial charge < -0.3 is 9.62 Å². The van der Waals surface area contributed by atoms with E-state index in [0.717, 1.165) is 50.3 Å². The molecule has 0 N–H and O–H groups in total. The highest BCUT2D eigenvalue weighted by atomic mass is 17.2. The molecule has 6 heteroatoms. The minimum atomic E-state index is -0.396. The van der Waals surface area contributed by atoms with Crippen LogP contribution in [0.4, 0.5) is 0 Å². The topological polar surface area (TPSA) is 52.5 Å². The Morgan fingerprint density at radius 1 is 0.407 bits per heavy atom. The molecule has 0 fully saturated rings. The van der Waals surface area contributed by atoms with Crippen LogP contribution >= 0.6 is 0 Å². The Hall–Kier alpha value is -7.15. The molecule has 260 valence electrons. The van der Waals surface area contributed by atoms with Gasteiger partial charge in [-0.3, -0.25) is 0 Å². The number of carbonyl (C=O) groups is 1. The second-order valence-corrected chi connectivity index (χ2v) is 12.7. The number of hydrogen-bond acceptors (Lipinski definition) is 4. The van der Waals surface area contributed by atoms with Gasteiger partial charge in [-0.15, -0.1) is 0 Å². The Labute approximate surface area is 314 Å². The molecule has 54 heavy (non-hydrogen) atoms. The van der Waals surface area contributed by atoms with Gasteiger partial charge in [0.25, 0.3) is 0 Å². The van der Waals surface area contributed by atoms with Crippen molar-refractivity contribution < 1.29 is 28.4 Å². The van der Waals surface area contributed by atoms with Crippen molar-refractivity contribution in [1.29, 1.82) is 0 Å². The SMILES string of the molecule is O=C(Oc1ccc(-c2ccccc2)cc1)c1ccc(-[n+]2ccc(-c3cc[n+](-c4ccc(COOc5ccc(-c6ccccc6)cc5)cc4)cc3)cc2)cc1. The van der Waals surface area contributed by atoms with Gasteiger partial charge in [-0.25, -0.2) is 4.79 Å². The molecular weight excluding hydrogens is 669 g/mol. The summed E-state index contributed by atoms with van der Waals surface area (Å²) in [7, 11) is 0. The summed E-state index contributed by atoms with van der Waals surface area (Å²) in [5.41, 5.74) is 10.1. The first kappa shape index (κ1) is 34.0. The molecule has 0 bridgehead atoms. The number of carbonyl (C=O) groups excluding carboxylic acids is 1. The van der Waals surface area contributed by atoms with Crippen LogP contribution in [0, 0.1) is 0 Å². The minimum absolute atomic E-state index is 0.333. The van der Waals surface area contributed by atoms with E-state index in [4.69, 9.17) is 14.5 Å². The number of nitrogens with zero attached hydrogens (tertiary/aromatic N) is 2. The van der Waals surface area contributed by atoms with Crippen LogP contribution in [-0.4, -0.2) is 5.97 Å². The molecule has 0 atom stereocenters. The molecule has 2 aromatic heterocycles. The Balaban J connectivity index is 0.828. The van der Waals surface area contributed by atoms with Crippen molar-refractivity contribution in [3.8, 4) is 56.3 Å². The highest BCUT2D eigenvalue weighted by Gasteiger charge is 2.13. The van der Waals surface area contributed by atoms with E-state index in [1.807, 2.05) is 126 Å². The van der Waals surface area contributed by atoms with Crippen LogP contribution in [0.25, 0.3) is 44.8 Å². The molecular formula is C48H36N2O4+2. The van der Waals surface area contributed by atoms with Gasteiger partial charge >= 0.3 is 5.97 Å². The molecule has 0 amide bonds. The lowest BCUT2D eigenvalue weighted by Gasteiger charge is -2.07. The molecule has 0 saturated carbocycles. The van der Waals surface area contributed by atoms with Gasteiger partial charge in [-0.05, 0) is 87.5 Å². The molecule has 0 aliphatic carbocycles. The summed E-state index contributed by atoms with van der Waals surface area (Å²) >= 11 is 0. The first-order valence-corrected chi connectivity index (χ1v) is 17.7. The van der Waals surface area contributed by atoms with E-state index in [1.165, 1.54) is 0 Å². The maximum Gasteiger partial charge on any atom is 0.343 e. The number of pyridine rings is 2. The normalized spacial score (nSPS) is 10.8. The van der Waals surface area contributed by atoms with Crippen LogP contribution in [0.15, 0.2) is 207 Å². The zero-order valence-electron chi connectivity index (χ0n) is 29.4. The molecule has 6 nitrogen and oxygen atoms in total. The predicted octanol–water partition coefficient (Wildman–Crippen LogP) is 9.97. The molecule has 8 aromatic rings. The summed E-state index contributed by atoms with van der Waals surface area (Å²) in [6, 6.07) is 59.7. The minimum Gasteiger partial charge on any atom is -0.423 e. The average Bonchev–Trinajstić information content (AvgIpc) is 3.25. The summed E-state index contributed by atoms with van der Waals surface area (Å²) in [4.78, 5) is 23.9. The number of esters is 1. The molecule has 0 spiro atoms. The van der Waals surface area contributed by atoms with Gasteiger partial charge in [0.2, 0.25) is 11.4 Å². The highest BCUT2D eigenvalue weighted by molar-refractivity contribution is 5.91. The Kier molecular flexibility index (Phi) is 10.1. The van der Waals surface area contributed by atoms with Crippen LogP contribution in [0.2, 0.25) is 0 Å². The standard InChI is InChI=1S/C48H36N2O4/c51-48(53-46-23-15-39(16-24-46)37-7-3-1-4-8-37)43-13-21-45(22-14-43)50-33-29-42(30-34-50)41-27-31-49(32-28-41)44-19-11-36(12-20-44)35-52-54-47-25-17-40(18-26-47)38-9-5-2-6-10-38/h1-34H,35H2/q+2. The largest absolute Gasteiger partial charge is 0.423 e. The third kappa shape index (κ3) is 8.15. The van der Waals surface area contributed by atoms with Crippen LogP contribution in [0.1, 0.15) is 15.9 Å². The van der Waals surface area contributed by atoms with Gasteiger partial charge in [-0.2, -0.15) is 14.0 Å². The monoisotopic (exact) mass is 704 g/mol. The molecule has 0 saturated heterocycles. The average molecular weight is 705 g/mol. The maximum atomic E-state index is 12.8. The van der Waals surface area contributed by atoms with Crippen LogP contribution in [-0.2, 0) is 11.5 Å². The number of rotatable bonds is 11. The van der Waals surface area contributed by atoms with Crippen molar-refractivity contribution in [2.45, 2.75) is 6.61 Å². The van der Waals surface area contributed by atoms with Crippen molar-refractivity contribution in [2.75, 3.05) is 0 Å². The molecule has 2 heterocycles. The van der Waals surface area contributed by atoms with E-state index < -0.39 is 5.97 Å². The van der Waals surface area contributed by atoms with Gasteiger partial charge in [0.1, 0.15) is 12.4 Å². The number of hydrogen-bond donors (Lipinski definition) is 0. The predicted molar refractivity (Wildman–Crippen MR) is 209 cm³/mol. The molecule has 6 aromatic carbocycles. The summed E-state index contributed by atoms with van der Waals surface area (Å²) < 4.78 is 9.72. The lowest BCUT2D eigenvalue weighted by molar-refractivity contribution is -0.596. The molecule has 0 aliphatic rings. The van der Waals surface area contributed by atoms with E-state index in [-0.39, 0.29) is 0 Å². The lowest BCUT2D eigenvalue weighted by atomic mass is 10.1. The number of benzene rings is 6. The fourth-order valence-electron chi connectivity index (χ4n) is 6.13. The maximum absolute atomic E-state index is 12.8. The van der Waals surface area contributed by atoms with Crippen molar-refractivity contribution in [3.63, 3.8) is 0 Å². The zero-order chi connectivity index (χ0) is 36.5. The third-order valence-electron chi connectivity index (χ3n) is 9.14. The van der Waals surface area contributed by atoms with Gasteiger partial charge in [-0.1, -0.05) is 84.9 Å². The Bertz CT molecular complexity index is 2430. The van der Waals surface area contributed by atoms with Crippen LogP contribution in [0.3, 0.4) is 0 Å². The van der Waals surface area contributed by atoms with E-state index in [9.17, 15) is 4.79 Å². The molecule has 0 radical (unpaired) electrons. The van der Waals surface area contributed by atoms with E-state index in [2.05, 4.69) is 77.6 Å². The second-order valence-electron chi connectivity index (χ2n) is 12.7. The fourth-order valence-corrected chi connectivity index (χ4v) is 6.13. The Morgan fingerprint density at radius 3 is 1.30 bits per heavy atom. The quantitative estimate of drug-likeness (QED) is 0.0442. The smallest absolute Gasteiger partial charge is 0.343 e. The molecule has 8 rings (SSSR count). The van der Waals surface area contributed by atoms with E-state index >= 15 is 0 Å².